The van der Waals surface area contributed by atoms with Gasteiger partial charge >= 0.3 is 0 Å². The molecule has 0 heterocycles. The number of thioether (sulfide) groups is 1. The van der Waals surface area contributed by atoms with Gasteiger partial charge in [-0.1, -0.05) is 12.1 Å². The highest BCUT2D eigenvalue weighted by Crippen LogP contribution is 2.11. The fourth-order valence-electron chi connectivity index (χ4n) is 1.38. The molecular formula is C12H18N2OS. The summed E-state index contributed by atoms with van der Waals surface area (Å²) >= 11 is 1.68. The summed E-state index contributed by atoms with van der Waals surface area (Å²) in [7, 11) is 1.91. The summed E-state index contributed by atoms with van der Waals surface area (Å²) in [5, 5.41) is 5.98. The van der Waals surface area contributed by atoms with E-state index in [0.717, 1.165) is 18.0 Å². The normalized spacial score (nSPS) is 10.1. The van der Waals surface area contributed by atoms with Crippen LogP contribution < -0.4 is 10.6 Å². The molecular weight excluding hydrogens is 220 g/mol. The first-order valence-electron chi connectivity index (χ1n) is 5.28. The Morgan fingerprint density at radius 3 is 2.94 bits per heavy atom. The minimum absolute atomic E-state index is 0.0796. The molecule has 2 N–H and O–H groups in total. The van der Waals surface area contributed by atoms with E-state index in [1.54, 1.807) is 11.8 Å². The number of hydrogen-bond acceptors (Lipinski definition) is 3. The lowest BCUT2D eigenvalue weighted by Crippen LogP contribution is -2.12. The molecule has 0 aromatic heterocycles. The van der Waals surface area contributed by atoms with Crippen LogP contribution in [0.1, 0.15) is 12.0 Å². The number of anilines is 1. The predicted molar refractivity (Wildman–Crippen MR) is 70.8 cm³/mol. The lowest BCUT2D eigenvalue weighted by molar-refractivity contribution is -0.115. The zero-order valence-electron chi connectivity index (χ0n) is 9.75. The molecule has 0 saturated carbocycles. The van der Waals surface area contributed by atoms with Crippen LogP contribution in [0, 0.1) is 0 Å². The molecule has 0 fully saturated rings. The van der Waals surface area contributed by atoms with Crippen molar-refractivity contribution in [3.05, 3.63) is 29.8 Å². The van der Waals surface area contributed by atoms with Gasteiger partial charge < -0.3 is 10.6 Å². The first-order chi connectivity index (χ1) is 7.76. The second-order valence-corrected chi connectivity index (χ2v) is 4.51. The summed E-state index contributed by atoms with van der Waals surface area (Å²) in [6.07, 6.45) is 2.57. The Morgan fingerprint density at radius 1 is 1.44 bits per heavy atom. The van der Waals surface area contributed by atoms with Crippen LogP contribution in [0.5, 0.6) is 0 Å². The summed E-state index contributed by atoms with van der Waals surface area (Å²) in [4.78, 5) is 11.5. The van der Waals surface area contributed by atoms with Crippen molar-refractivity contribution in [2.75, 3.05) is 24.4 Å². The van der Waals surface area contributed by atoms with Gasteiger partial charge in [-0.3, -0.25) is 4.79 Å². The standard InChI is InChI=1S/C12H18N2OS/c1-13-9-10-4-3-5-11(8-10)14-12(15)6-7-16-2/h3-5,8,13H,6-7,9H2,1-2H3,(H,14,15). The molecule has 0 radical (unpaired) electrons. The van der Waals surface area contributed by atoms with Crippen molar-refractivity contribution in [1.29, 1.82) is 0 Å². The summed E-state index contributed by atoms with van der Waals surface area (Å²) in [5.74, 6) is 0.943. The van der Waals surface area contributed by atoms with Crippen LogP contribution in [-0.4, -0.2) is 25.0 Å². The van der Waals surface area contributed by atoms with Crippen LogP contribution in [0.4, 0.5) is 5.69 Å². The third-order valence-corrected chi connectivity index (χ3v) is 2.74. The number of carbonyl (C=O) groups is 1. The van der Waals surface area contributed by atoms with Gasteiger partial charge in [0.05, 0.1) is 0 Å². The number of rotatable bonds is 6. The minimum atomic E-state index is 0.0796. The quantitative estimate of drug-likeness (QED) is 0.797. The zero-order valence-corrected chi connectivity index (χ0v) is 10.6. The Balaban J connectivity index is 2.52. The molecule has 0 aliphatic carbocycles. The summed E-state index contributed by atoms with van der Waals surface area (Å²) in [6, 6.07) is 7.90. The highest BCUT2D eigenvalue weighted by Gasteiger charge is 2.01. The minimum Gasteiger partial charge on any atom is -0.326 e. The van der Waals surface area contributed by atoms with Crippen molar-refractivity contribution in [2.24, 2.45) is 0 Å². The average Bonchev–Trinajstić information content (AvgIpc) is 2.27. The van der Waals surface area contributed by atoms with Crippen molar-refractivity contribution in [3.8, 4) is 0 Å². The van der Waals surface area contributed by atoms with Crippen LogP contribution in [0.15, 0.2) is 24.3 Å². The number of hydrogen-bond donors (Lipinski definition) is 2. The van der Waals surface area contributed by atoms with E-state index in [1.165, 1.54) is 5.56 Å². The summed E-state index contributed by atoms with van der Waals surface area (Å²) < 4.78 is 0. The first-order valence-corrected chi connectivity index (χ1v) is 6.68. The Labute approximate surface area is 101 Å². The second-order valence-electron chi connectivity index (χ2n) is 3.52. The fraction of sp³-hybridized carbons (Fsp3) is 0.417. The average molecular weight is 238 g/mol. The van der Waals surface area contributed by atoms with Gasteiger partial charge in [-0.2, -0.15) is 11.8 Å². The van der Waals surface area contributed by atoms with E-state index >= 15 is 0 Å². The third kappa shape index (κ3) is 4.68. The van der Waals surface area contributed by atoms with E-state index in [9.17, 15) is 4.79 Å². The number of benzene rings is 1. The molecule has 0 spiro atoms. The van der Waals surface area contributed by atoms with Gasteiger partial charge in [0.25, 0.3) is 0 Å². The molecule has 0 unspecified atom stereocenters. The van der Waals surface area contributed by atoms with E-state index in [2.05, 4.69) is 10.6 Å². The molecule has 0 aliphatic rings. The van der Waals surface area contributed by atoms with Gasteiger partial charge in [0.1, 0.15) is 0 Å². The van der Waals surface area contributed by atoms with Gasteiger partial charge in [-0.05, 0) is 31.0 Å². The van der Waals surface area contributed by atoms with Crippen molar-refractivity contribution in [3.63, 3.8) is 0 Å². The van der Waals surface area contributed by atoms with Gasteiger partial charge in [-0.25, -0.2) is 0 Å². The first kappa shape index (κ1) is 13.1. The van der Waals surface area contributed by atoms with Crippen molar-refractivity contribution in [2.45, 2.75) is 13.0 Å². The Kier molecular flexibility index (Phi) is 5.96. The van der Waals surface area contributed by atoms with Crippen molar-refractivity contribution < 1.29 is 4.79 Å². The SMILES string of the molecule is CNCc1cccc(NC(=O)CCSC)c1. The lowest BCUT2D eigenvalue weighted by Gasteiger charge is -2.06. The molecule has 1 aromatic carbocycles. The van der Waals surface area contributed by atoms with E-state index in [-0.39, 0.29) is 5.91 Å². The van der Waals surface area contributed by atoms with E-state index in [1.807, 2.05) is 37.6 Å². The van der Waals surface area contributed by atoms with Crippen LogP contribution in [0.2, 0.25) is 0 Å². The number of carbonyl (C=O) groups excluding carboxylic acids is 1. The molecule has 0 bridgehead atoms. The zero-order chi connectivity index (χ0) is 11.8. The van der Waals surface area contributed by atoms with Crippen LogP contribution in [0.3, 0.4) is 0 Å². The fourth-order valence-corrected chi connectivity index (χ4v) is 1.77. The van der Waals surface area contributed by atoms with E-state index in [4.69, 9.17) is 0 Å². The summed E-state index contributed by atoms with van der Waals surface area (Å²) in [5.41, 5.74) is 2.05. The largest absolute Gasteiger partial charge is 0.326 e. The van der Waals surface area contributed by atoms with Gasteiger partial charge in [-0.15, -0.1) is 0 Å². The topological polar surface area (TPSA) is 41.1 Å². The van der Waals surface area contributed by atoms with Crippen molar-refractivity contribution >= 4 is 23.4 Å². The molecule has 1 amide bonds. The molecule has 0 aliphatic heterocycles. The second kappa shape index (κ2) is 7.30. The van der Waals surface area contributed by atoms with Gasteiger partial charge in [0.2, 0.25) is 5.91 Å². The molecule has 16 heavy (non-hydrogen) atoms. The maximum Gasteiger partial charge on any atom is 0.225 e. The molecule has 1 aromatic rings. The highest BCUT2D eigenvalue weighted by atomic mass is 32.2. The van der Waals surface area contributed by atoms with Crippen LogP contribution in [0.25, 0.3) is 0 Å². The lowest BCUT2D eigenvalue weighted by atomic mass is 10.2. The maximum absolute atomic E-state index is 11.5. The molecule has 0 saturated heterocycles. The Bertz CT molecular complexity index is 342. The Hall–Kier alpha value is -1.00. The van der Waals surface area contributed by atoms with Crippen LogP contribution >= 0.6 is 11.8 Å². The van der Waals surface area contributed by atoms with Gasteiger partial charge in [0, 0.05) is 24.4 Å². The smallest absolute Gasteiger partial charge is 0.225 e. The van der Waals surface area contributed by atoms with E-state index < -0.39 is 0 Å². The third-order valence-electron chi connectivity index (χ3n) is 2.12. The highest BCUT2D eigenvalue weighted by molar-refractivity contribution is 7.98. The molecule has 1 rings (SSSR count). The molecule has 3 nitrogen and oxygen atoms in total. The monoisotopic (exact) mass is 238 g/mol. The number of amides is 1. The van der Waals surface area contributed by atoms with E-state index in [0.29, 0.717) is 6.42 Å². The molecule has 0 atom stereocenters. The Morgan fingerprint density at radius 2 is 2.25 bits per heavy atom. The van der Waals surface area contributed by atoms with Crippen LogP contribution in [-0.2, 0) is 11.3 Å². The van der Waals surface area contributed by atoms with Gasteiger partial charge in [0.15, 0.2) is 0 Å². The molecule has 88 valence electrons. The van der Waals surface area contributed by atoms with Crippen molar-refractivity contribution in [1.82, 2.24) is 5.32 Å². The number of nitrogens with one attached hydrogen (secondary N) is 2. The predicted octanol–water partition coefficient (Wildman–Crippen LogP) is 2.10. The summed E-state index contributed by atoms with van der Waals surface area (Å²) in [6.45, 7) is 0.814. The maximum atomic E-state index is 11.5. The molecule has 4 heteroatoms.